The van der Waals surface area contributed by atoms with Crippen LogP contribution in [0.3, 0.4) is 0 Å². The van der Waals surface area contributed by atoms with Crippen LogP contribution < -0.4 is 9.62 Å². The second kappa shape index (κ2) is 8.14. The summed E-state index contributed by atoms with van der Waals surface area (Å²) in [6, 6.07) is 6.74. The van der Waals surface area contributed by atoms with Crippen molar-refractivity contribution in [2.24, 2.45) is 0 Å². The molecule has 0 bridgehead atoms. The van der Waals surface area contributed by atoms with Crippen molar-refractivity contribution >= 4 is 34.1 Å². The van der Waals surface area contributed by atoms with Crippen molar-refractivity contribution < 1.29 is 0 Å². The van der Waals surface area contributed by atoms with E-state index in [9.17, 15) is 0 Å². The Labute approximate surface area is 164 Å². The van der Waals surface area contributed by atoms with Crippen LogP contribution in [0.4, 0.5) is 10.8 Å². The minimum Gasteiger partial charge on any atom is -0.365 e. The molecule has 0 saturated carbocycles. The van der Waals surface area contributed by atoms with Crippen LogP contribution in [0.1, 0.15) is 24.3 Å². The summed E-state index contributed by atoms with van der Waals surface area (Å²) >= 11 is 3.51. The number of nitrogens with one attached hydrogen (secondary N) is 1. The molecular formula is C21H25N3S2. The quantitative estimate of drug-likeness (QED) is 0.474. The molecular weight excluding hydrogens is 358 g/mol. The fraction of sp³-hybridized carbons (Fsp3) is 0.286. The number of allylic oxidation sites excluding steroid dienone is 4. The van der Waals surface area contributed by atoms with Gasteiger partial charge in [0.2, 0.25) is 0 Å². The van der Waals surface area contributed by atoms with E-state index in [0.29, 0.717) is 0 Å². The number of hydrogen-bond acceptors (Lipinski definition) is 5. The van der Waals surface area contributed by atoms with E-state index >= 15 is 0 Å². The molecule has 1 N–H and O–H groups in total. The van der Waals surface area contributed by atoms with Crippen molar-refractivity contribution in [3.05, 3.63) is 63.9 Å². The van der Waals surface area contributed by atoms with Crippen LogP contribution in [0, 0.1) is 6.92 Å². The average Bonchev–Trinajstić information content (AvgIpc) is 3.22. The highest BCUT2D eigenvalue weighted by molar-refractivity contribution is 8.04. The summed E-state index contributed by atoms with van der Waals surface area (Å²) in [6.45, 7) is 11.2. The molecule has 2 aromatic rings. The molecule has 1 aliphatic rings. The smallest absolute Gasteiger partial charge is 0.183 e. The van der Waals surface area contributed by atoms with E-state index in [2.05, 4.69) is 67.3 Å². The topological polar surface area (TPSA) is 28.2 Å². The molecule has 1 aromatic heterocycles. The lowest BCUT2D eigenvalue weighted by Gasteiger charge is -2.20. The largest absolute Gasteiger partial charge is 0.365 e. The number of aromatic nitrogens is 1. The summed E-state index contributed by atoms with van der Waals surface area (Å²) in [5.41, 5.74) is 6.25. The molecule has 3 rings (SSSR count). The van der Waals surface area contributed by atoms with E-state index in [1.165, 1.54) is 32.2 Å². The first-order valence-corrected chi connectivity index (χ1v) is 10.4. The van der Waals surface area contributed by atoms with Crippen molar-refractivity contribution in [3.8, 4) is 11.3 Å². The molecule has 2 heterocycles. The minimum absolute atomic E-state index is 0.970. The molecule has 0 aliphatic carbocycles. The SMILES string of the molecule is C=C/C=C(C)\C(=C/C)SN1CCc2cc(-c3nc(NC)sc3C)ccc21. The monoisotopic (exact) mass is 383 g/mol. The van der Waals surface area contributed by atoms with E-state index in [4.69, 9.17) is 4.98 Å². The summed E-state index contributed by atoms with van der Waals surface area (Å²) in [5, 5.41) is 4.11. The van der Waals surface area contributed by atoms with Crippen LogP contribution in [0.15, 0.2) is 53.5 Å². The normalized spacial score (nSPS) is 14.5. The zero-order valence-electron chi connectivity index (χ0n) is 15.8. The first-order chi connectivity index (χ1) is 12.6. The van der Waals surface area contributed by atoms with Gasteiger partial charge in [-0.2, -0.15) is 0 Å². The maximum Gasteiger partial charge on any atom is 0.183 e. The number of thiazole rings is 1. The number of rotatable bonds is 6. The zero-order chi connectivity index (χ0) is 18.7. The highest BCUT2D eigenvalue weighted by Gasteiger charge is 2.22. The van der Waals surface area contributed by atoms with Gasteiger partial charge in [-0.05, 0) is 62.4 Å². The van der Waals surface area contributed by atoms with Gasteiger partial charge in [-0.3, -0.25) is 0 Å². The molecule has 5 heteroatoms. The number of fused-ring (bicyclic) bond motifs is 1. The van der Waals surface area contributed by atoms with Gasteiger partial charge in [0.1, 0.15) is 0 Å². The van der Waals surface area contributed by atoms with E-state index in [-0.39, 0.29) is 0 Å². The molecule has 26 heavy (non-hydrogen) atoms. The number of benzene rings is 1. The fourth-order valence-corrected chi connectivity index (χ4v) is 4.92. The molecule has 0 spiro atoms. The maximum absolute atomic E-state index is 4.71. The van der Waals surface area contributed by atoms with Crippen LogP contribution in [0.2, 0.25) is 0 Å². The van der Waals surface area contributed by atoms with Crippen LogP contribution in [0.25, 0.3) is 11.3 Å². The van der Waals surface area contributed by atoms with Crippen molar-refractivity contribution in [2.45, 2.75) is 27.2 Å². The van der Waals surface area contributed by atoms with Gasteiger partial charge in [0, 0.05) is 28.9 Å². The van der Waals surface area contributed by atoms with E-state index in [0.717, 1.165) is 23.8 Å². The van der Waals surface area contributed by atoms with Gasteiger partial charge in [-0.1, -0.05) is 30.9 Å². The summed E-state index contributed by atoms with van der Waals surface area (Å²) in [4.78, 5) is 7.23. The van der Waals surface area contributed by atoms with Gasteiger partial charge >= 0.3 is 0 Å². The predicted octanol–water partition coefficient (Wildman–Crippen LogP) is 6.21. The van der Waals surface area contributed by atoms with Crippen molar-refractivity contribution in [3.63, 3.8) is 0 Å². The summed E-state index contributed by atoms with van der Waals surface area (Å²) in [6.07, 6.45) is 7.15. The maximum atomic E-state index is 4.71. The van der Waals surface area contributed by atoms with Gasteiger partial charge in [0.15, 0.2) is 5.13 Å². The molecule has 3 nitrogen and oxygen atoms in total. The second-order valence-electron chi connectivity index (χ2n) is 6.20. The Morgan fingerprint density at radius 2 is 2.23 bits per heavy atom. The third-order valence-corrected chi connectivity index (χ3v) is 6.79. The lowest BCUT2D eigenvalue weighted by Crippen LogP contribution is -2.10. The Morgan fingerprint density at radius 1 is 1.42 bits per heavy atom. The Balaban J connectivity index is 1.85. The van der Waals surface area contributed by atoms with Gasteiger partial charge in [-0.25, -0.2) is 4.98 Å². The van der Waals surface area contributed by atoms with Gasteiger partial charge < -0.3 is 9.62 Å². The number of aryl methyl sites for hydroxylation is 1. The van der Waals surface area contributed by atoms with Gasteiger partial charge in [0.25, 0.3) is 0 Å². The minimum atomic E-state index is 0.970. The van der Waals surface area contributed by atoms with Crippen molar-refractivity contribution in [2.75, 3.05) is 23.2 Å². The first kappa shape index (κ1) is 18.8. The van der Waals surface area contributed by atoms with E-state index < -0.39 is 0 Å². The van der Waals surface area contributed by atoms with Gasteiger partial charge in [-0.15, -0.1) is 11.3 Å². The molecule has 0 fully saturated rings. The van der Waals surface area contributed by atoms with Crippen molar-refractivity contribution in [1.82, 2.24) is 4.98 Å². The third-order valence-electron chi connectivity index (χ3n) is 4.44. The standard InChI is InChI=1S/C21H25N3S2/c1-6-8-14(3)19(7-2)26-24-12-11-16-13-17(9-10-18(16)24)20-15(4)25-21(22-5)23-20/h6-10,13H,1,11-12H2,2-5H3,(H,22,23)/b14-8-,19-7+. The lowest BCUT2D eigenvalue weighted by atomic mass is 10.1. The zero-order valence-corrected chi connectivity index (χ0v) is 17.4. The molecule has 0 atom stereocenters. The number of nitrogens with zero attached hydrogens (tertiary/aromatic N) is 2. The molecule has 0 radical (unpaired) electrons. The Hall–Kier alpha value is -1.98. The summed E-state index contributed by atoms with van der Waals surface area (Å²) in [7, 11) is 1.92. The van der Waals surface area contributed by atoms with Gasteiger partial charge in [0.05, 0.1) is 11.4 Å². The second-order valence-corrected chi connectivity index (χ2v) is 8.47. The highest BCUT2D eigenvalue weighted by atomic mass is 32.2. The summed E-state index contributed by atoms with van der Waals surface area (Å²) < 4.78 is 2.39. The first-order valence-electron chi connectivity index (χ1n) is 8.77. The third kappa shape index (κ3) is 3.74. The summed E-state index contributed by atoms with van der Waals surface area (Å²) in [5.74, 6) is 0. The Kier molecular flexibility index (Phi) is 5.89. The lowest BCUT2D eigenvalue weighted by molar-refractivity contribution is 1.06. The molecule has 1 aromatic carbocycles. The number of anilines is 2. The Bertz CT molecular complexity index is 877. The average molecular weight is 384 g/mol. The van der Waals surface area contributed by atoms with Crippen LogP contribution >= 0.6 is 23.3 Å². The predicted molar refractivity (Wildman–Crippen MR) is 118 cm³/mol. The fourth-order valence-electron chi connectivity index (χ4n) is 3.11. The van der Waals surface area contributed by atoms with Crippen LogP contribution in [-0.4, -0.2) is 18.6 Å². The van der Waals surface area contributed by atoms with E-state index in [1.54, 1.807) is 11.3 Å². The number of hydrogen-bond donors (Lipinski definition) is 1. The van der Waals surface area contributed by atoms with Crippen LogP contribution in [0.5, 0.6) is 0 Å². The molecule has 0 unspecified atom stereocenters. The van der Waals surface area contributed by atoms with Crippen LogP contribution in [-0.2, 0) is 6.42 Å². The molecule has 1 aliphatic heterocycles. The Morgan fingerprint density at radius 3 is 2.88 bits per heavy atom. The van der Waals surface area contributed by atoms with E-state index in [1.807, 2.05) is 25.1 Å². The van der Waals surface area contributed by atoms with Crippen molar-refractivity contribution in [1.29, 1.82) is 0 Å². The molecule has 0 saturated heterocycles. The molecule has 136 valence electrons. The highest BCUT2D eigenvalue weighted by Crippen LogP contribution is 2.40. The molecule has 0 amide bonds.